The molecule has 0 fully saturated rings. The number of carbonyl (C=O) groups excluding carboxylic acids is 1. The molecule has 2 N–H and O–H groups in total. The van der Waals surface area contributed by atoms with E-state index in [0.29, 0.717) is 6.42 Å². The van der Waals surface area contributed by atoms with Crippen molar-refractivity contribution >= 4 is 23.2 Å². The van der Waals surface area contributed by atoms with Crippen molar-refractivity contribution in [3.63, 3.8) is 0 Å². The average Bonchev–Trinajstić information content (AvgIpc) is 2.36. The minimum Gasteiger partial charge on any atom is -0.396 e. The van der Waals surface area contributed by atoms with E-state index in [0.717, 1.165) is 0 Å². The summed E-state index contributed by atoms with van der Waals surface area (Å²) in [5.41, 5.74) is -0.968. The zero-order valence-electron chi connectivity index (χ0n) is 12.1. The van der Waals surface area contributed by atoms with E-state index in [1.54, 1.807) is 0 Å². The van der Waals surface area contributed by atoms with E-state index in [-0.39, 0.29) is 28.8 Å². The van der Waals surface area contributed by atoms with Crippen LogP contribution in [0.5, 0.6) is 0 Å². The van der Waals surface area contributed by atoms with Crippen LogP contribution < -0.4 is 5.32 Å². The van der Waals surface area contributed by atoms with E-state index in [4.69, 9.17) is 16.7 Å². The van der Waals surface area contributed by atoms with Crippen LogP contribution in [0.25, 0.3) is 0 Å². The molecule has 7 nitrogen and oxygen atoms in total. The molecule has 116 valence electrons. The van der Waals surface area contributed by atoms with Crippen LogP contribution in [-0.2, 0) is 0 Å². The van der Waals surface area contributed by atoms with Crippen LogP contribution in [0.1, 0.15) is 37.6 Å². The quantitative estimate of drug-likeness (QED) is 0.492. The fourth-order valence-electron chi connectivity index (χ4n) is 1.87. The first-order valence-corrected chi connectivity index (χ1v) is 6.77. The van der Waals surface area contributed by atoms with E-state index in [9.17, 15) is 14.9 Å². The molecule has 1 unspecified atom stereocenters. The number of hydrogen-bond donors (Lipinski definition) is 2. The third-order valence-corrected chi connectivity index (χ3v) is 3.35. The SMILES string of the molecule is CC(C)(C)C(CCO)NC(=O)c1ccnc(Cl)c1[N+](=O)[O-]. The Balaban J connectivity index is 3.09. The average molecular weight is 316 g/mol. The number of hydrogen-bond acceptors (Lipinski definition) is 5. The third-order valence-electron chi connectivity index (χ3n) is 3.08. The number of pyridine rings is 1. The maximum absolute atomic E-state index is 12.3. The molecule has 0 aliphatic rings. The van der Waals surface area contributed by atoms with Gasteiger partial charge in [-0.1, -0.05) is 32.4 Å². The molecule has 0 saturated heterocycles. The standard InChI is InChI=1S/C13H18ClN3O4/c1-13(2,3)9(5-7-18)16-12(19)8-4-6-15-11(14)10(8)17(20)21/h4,6,9,18H,5,7H2,1-3H3,(H,16,19). The van der Waals surface area contributed by atoms with Crippen LogP contribution in [0.4, 0.5) is 5.69 Å². The van der Waals surface area contributed by atoms with Gasteiger partial charge in [0.15, 0.2) is 0 Å². The van der Waals surface area contributed by atoms with E-state index in [1.165, 1.54) is 12.3 Å². The molecule has 1 rings (SSSR count). The van der Waals surface area contributed by atoms with Gasteiger partial charge in [-0.3, -0.25) is 14.9 Å². The molecule has 1 aromatic heterocycles. The smallest absolute Gasteiger partial charge is 0.319 e. The van der Waals surface area contributed by atoms with Gasteiger partial charge in [-0.15, -0.1) is 0 Å². The Bertz CT molecular complexity index is 543. The number of carbonyl (C=O) groups is 1. The number of halogens is 1. The maximum Gasteiger partial charge on any atom is 0.319 e. The minimum absolute atomic E-state index is 0.0958. The minimum atomic E-state index is -0.734. The number of nitrogens with zero attached hydrogens (tertiary/aromatic N) is 2. The van der Waals surface area contributed by atoms with Crippen molar-refractivity contribution in [2.45, 2.75) is 33.2 Å². The summed E-state index contributed by atoms with van der Waals surface area (Å²) in [5.74, 6) is -0.612. The predicted molar refractivity (Wildman–Crippen MR) is 78.3 cm³/mol. The summed E-state index contributed by atoms with van der Waals surface area (Å²) < 4.78 is 0. The van der Waals surface area contributed by atoms with E-state index in [1.807, 2.05) is 20.8 Å². The maximum atomic E-state index is 12.3. The topological polar surface area (TPSA) is 105 Å². The fraction of sp³-hybridized carbons (Fsp3) is 0.538. The molecule has 0 bridgehead atoms. The Labute approximate surface area is 127 Å². The number of aliphatic hydroxyl groups is 1. The van der Waals surface area contributed by atoms with Crippen molar-refractivity contribution in [2.75, 3.05) is 6.61 Å². The van der Waals surface area contributed by atoms with Crippen LogP contribution in [0.2, 0.25) is 5.15 Å². The lowest BCUT2D eigenvalue weighted by molar-refractivity contribution is -0.385. The summed E-state index contributed by atoms with van der Waals surface area (Å²) in [7, 11) is 0. The summed E-state index contributed by atoms with van der Waals surface area (Å²) in [6.45, 7) is 5.62. The zero-order valence-corrected chi connectivity index (χ0v) is 12.8. The lowest BCUT2D eigenvalue weighted by Gasteiger charge is -2.31. The van der Waals surface area contributed by atoms with E-state index >= 15 is 0 Å². The first kappa shape index (κ1) is 17.3. The van der Waals surface area contributed by atoms with Gasteiger partial charge in [0.2, 0.25) is 5.15 Å². The molecular weight excluding hydrogens is 298 g/mol. The Morgan fingerprint density at radius 3 is 2.67 bits per heavy atom. The molecule has 1 amide bonds. The Morgan fingerprint density at radius 2 is 2.19 bits per heavy atom. The second kappa shape index (κ2) is 6.82. The van der Waals surface area contributed by atoms with Gasteiger partial charge in [-0.25, -0.2) is 4.98 Å². The number of rotatable bonds is 5. The van der Waals surface area contributed by atoms with Crippen molar-refractivity contribution in [3.05, 3.63) is 33.1 Å². The number of aliphatic hydroxyl groups excluding tert-OH is 1. The van der Waals surface area contributed by atoms with Crippen molar-refractivity contribution in [2.24, 2.45) is 5.41 Å². The first-order valence-electron chi connectivity index (χ1n) is 6.39. The highest BCUT2D eigenvalue weighted by atomic mass is 35.5. The molecule has 1 heterocycles. The third kappa shape index (κ3) is 4.37. The van der Waals surface area contributed by atoms with Crippen molar-refractivity contribution in [1.82, 2.24) is 10.3 Å². The second-order valence-corrected chi connectivity index (χ2v) is 6.02. The van der Waals surface area contributed by atoms with Gasteiger partial charge in [0, 0.05) is 18.8 Å². The monoisotopic (exact) mass is 315 g/mol. The lowest BCUT2D eigenvalue weighted by Crippen LogP contribution is -2.44. The summed E-state index contributed by atoms with van der Waals surface area (Å²) in [4.78, 5) is 26.2. The van der Waals surface area contributed by atoms with Gasteiger partial charge in [-0.2, -0.15) is 0 Å². The van der Waals surface area contributed by atoms with Gasteiger partial charge in [0.25, 0.3) is 5.91 Å². The largest absolute Gasteiger partial charge is 0.396 e. The second-order valence-electron chi connectivity index (χ2n) is 5.66. The van der Waals surface area contributed by atoms with Crippen molar-refractivity contribution in [3.8, 4) is 0 Å². The molecule has 0 saturated carbocycles. The first-order chi connectivity index (χ1) is 9.68. The lowest BCUT2D eigenvalue weighted by atomic mass is 9.84. The number of aromatic nitrogens is 1. The fourth-order valence-corrected chi connectivity index (χ4v) is 2.10. The number of amides is 1. The van der Waals surface area contributed by atoms with Crippen LogP contribution in [-0.4, -0.2) is 33.6 Å². The molecule has 21 heavy (non-hydrogen) atoms. The highest BCUT2D eigenvalue weighted by Crippen LogP contribution is 2.27. The van der Waals surface area contributed by atoms with E-state index < -0.39 is 16.5 Å². The molecule has 1 aromatic rings. The summed E-state index contributed by atoms with van der Waals surface area (Å²) >= 11 is 5.68. The van der Waals surface area contributed by atoms with Crippen molar-refractivity contribution in [1.29, 1.82) is 0 Å². The van der Waals surface area contributed by atoms with Gasteiger partial charge < -0.3 is 10.4 Å². The summed E-state index contributed by atoms with van der Waals surface area (Å²) in [5, 5.41) is 22.5. The molecule has 0 spiro atoms. The van der Waals surface area contributed by atoms with Gasteiger partial charge in [-0.05, 0) is 17.9 Å². The summed E-state index contributed by atoms with van der Waals surface area (Å²) in [6, 6.07) is 0.916. The molecule has 0 radical (unpaired) electrons. The van der Waals surface area contributed by atoms with Crippen LogP contribution >= 0.6 is 11.6 Å². The predicted octanol–water partition coefficient (Wildman–Crippen LogP) is 2.17. The summed E-state index contributed by atoms with van der Waals surface area (Å²) in [6.07, 6.45) is 1.59. The van der Waals surface area contributed by atoms with Gasteiger partial charge in [0.05, 0.1) is 4.92 Å². The van der Waals surface area contributed by atoms with Gasteiger partial charge in [0.1, 0.15) is 5.56 Å². The Morgan fingerprint density at radius 1 is 1.57 bits per heavy atom. The number of nitro groups is 1. The Kier molecular flexibility index (Phi) is 5.62. The van der Waals surface area contributed by atoms with Crippen LogP contribution in [0.3, 0.4) is 0 Å². The highest BCUT2D eigenvalue weighted by Gasteiger charge is 2.30. The van der Waals surface area contributed by atoms with Crippen LogP contribution in [0.15, 0.2) is 12.3 Å². The molecular formula is C13H18ClN3O4. The zero-order chi connectivity index (χ0) is 16.2. The molecule has 0 aliphatic carbocycles. The number of nitrogens with one attached hydrogen (secondary N) is 1. The van der Waals surface area contributed by atoms with Gasteiger partial charge >= 0.3 is 5.69 Å². The van der Waals surface area contributed by atoms with Crippen molar-refractivity contribution < 1.29 is 14.8 Å². The highest BCUT2D eigenvalue weighted by molar-refractivity contribution is 6.32. The molecule has 1 atom stereocenters. The molecule has 0 aliphatic heterocycles. The van der Waals surface area contributed by atoms with E-state index in [2.05, 4.69) is 10.3 Å². The molecule has 0 aromatic carbocycles. The molecule has 8 heteroatoms. The van der Waals surface area contributed by atoms with Crippen LogP contribution in [0, 0.1) is 15.5 Å². The Hall–Kier alpha value is -1.73. The normalized spacial score (nSPS) is 12.8.